The molecule has 75 heavy (non-hydrogen) atoms. The van der Waals surface area contributed by atoms with E-state index in [-0.39, 0.29) is 6.85 Å². The molecule has 0 saturated heterocycles. The van der Waals surface area contributed by atoms with E-state index in [2.05, 4.69) is 245 Å². The Kier molecular flexibility index (Phi) is 8.44. The summed E-state index contributed by atoms with van der Waals surface area (Å²) in [5.74, 6) is 0. The SMILES string of the molecule is CCCCc1ccc(N2B3c4c(cc5c(oc6ccccc65)c4-n4c5ccc(-c6ccccc6)cc5c5cc(-c6ccccc6)cc3c54)-c3c2ccc2c4cccc5c6ccccc6n(c32)c54)c(-c2ccccc2)c1. The molecular formula is C70H46BN3O. The number of nitrogens with zero attached hydrogens (tertiary/aromatic N) is 3. The lowest BCUT2D eigenvalue weighted by molar-refractivity contribution is 0.667. The topological polar surface area (TPSA) is 25.7 Å². The third-order valence-corrected chi connectivity index (χ3v) is 17.0. The largest absolute Gasteiger partial charge is 0.454 e. The van der Waals surface area contributed by atoms with Crippen molar-refractivity contribution in [3.63, 3.8) is 0 Å². The van der Waals surface area contributed by atoms with Crippen LogP contribution in [0.4, 0.5) is 11.4 Å². The maximum Gasteiger partial charge on any atom is 0.333 e. The molecule has 15 aromatic rings. The summed E-state index contributed by atoms with van der Waals surface area (Å²) in [6.45, 7) is 2.03. The van der Waals surface area contributed by atoms with Gasteiger partial charge in [-0.2, -0.15) is 0 Å². The Balaban J connectivity index is 1.11. The Morgan fingerprint density at radius 3 is 1.89 bits per heavy atom. The Labute approximate surface area is 433 Å². The van der Waals surface area contributed by atoms with Gasteiger partial charge in [0.25, 0.3) is 0 Å². The molecule has 4 nitrogen and oxygen atoms in total. The van der Waals surface area contributed by atoms with Crippen molar-refractivity contribution in [2.75, 3.05) is 4.81 Å². The van der Waals surface area contributed by atoms with E-state index in [4.69, 9.17) is 4.42 Å². The number of hydrogen-bond acceptors (Lipinski definition) is 2. The zero-order valence-electron chi connectivity index (χ0n) is 41.3. The molecule has 17 rings (SSSR count). The van der Waals surface area contributed by atoms with Crippen LogP contribution in [0.5, 0.6) is 0 Å². The average molecular weight is 956 g/mol. The number of aromatic nitrogens is 2. The second kappa shape index (κ2) is 15.4. The van der Waals surface area contributed by atoms with Gasteiger partial charge in [-0.15, -0.1) is 0 Å². The molecule has 2 aliphatic rings. The summed E-state index contributed by atoms with van der Waals surface area (Å²) in [7, 11) is 0. The second-order valence-corrected chi connectivity index (χ2v) is 20.9. The highest BCUT2D eigenvalue weighted by Crippen LogP contribution is 2.54. The molecule has 4 aromatic heterocycles. The molecule has 350 valence electrons. The third kappa shape index (κ3) is 5.57. The molecule has 0 unspecified atom stereocenters. The molecule has 0 aliphatic carbocycles. The number of furan rings is 1. The van der Waals surface area contributed by atoms with Gasteiger partial charge < -0.3 is 18.2 Å². The maximum atomic E-state index is 7.34. The van der Waals surface area contributed by atoms with Crippen molar-refractivity contribution >= 4 is 111 Å². The van der Waals surface area contributed by atoms with Crippen LogP contribution in [0.2, 0.25) is 0 Å². The van der Waals surface area contributed by atoms with E-state index in [0.29, 0.717) is 0 Å². The summed E-state index contributed by atoms with van der Waals surface area (Å²) < 4.78 is 12.5. The van der Waals surface area contributed by atoms with Gasteiger partial charge >= 0.3 is 6.85 Å². The van der Waals surface area contributed by atoms with Crippen molar-refractivity contribution in [1.29, 1.82) is 0 Å². The molecule has 0 bridgehead atoms. The monoisotopic (exact) mass is 955 g/mol. The van der Waals surface area contributed by atoms with Gasteiger partial charge in [0.1, 0.15) is 5.58 Å². The lowest BCUT2D eigenvalue weighted by Gasteiger charge is -2.43. The van der Waals surface area contributed by atoms with Crippen LogP contribution < -0.4 is 15.7 Å². The first-order chi connectivity index (χ1) is 37.2. The van der Waals surface area contributed by atoms with Crippen LogP contribution >= 0.6 is 0 Å². The number of aryl methyl sites for hydroxylation is 1. The van der Waals surface area contributed by atoms with Crippen LogP contribution in [0.3, 0.4) is 0 Å². The predicted octanol–water partition coefficient (Wildman–Crippen LogP) is 17.4. The lowest BCUT2D eigenvalue weighted by Crippen LogP contribution is -2.60. The molecule has 0 saturated carbocycles. The Morgan fingerprint density at radius 2 is 1.09 bits per heavy atom. The molecular weight excluding hydrogens is 910 g/mol. The number of rotatable bonds is 7. The molecule has 0 spiro atoms. The van der Waals surface area contributed by atoms with Crippen molar-refractivity contribution in [3.8, 4) is 50.2 Å². The van der Waals surface area contributed by atoms with Crippen LogP contribution in [-0.4, -0.2) is 15.8 Å². The van der Waals surface area contributed by atoms with E-state index < -0.39 is 0 Å². The predicted molar refractivity (Wildman–Crippen MR) is 317 cm³/mol. The van der Waals surface area contributed by atoms with E-state index in [9.17, 15) is 0 Å². The standard InChI is InChI=1S/C70H46BN3O/c1-2-3-18-42-31-34-61(53(37-42)45-23-11-6-12-24-45)74-62-36-33-52-51-28-17-27-50-48-25-13-15-29-59(48)72(66(50)51)68(52)64(62)57-41-56-49-26-14-16-30-63(49)75-70(56)69-65(57)71(74)58-40-47(44-21-9-5-10-22-44)39-55-54-38-46(43-19-7-4-8-20-43)32-35-60(54)73(69)67(55)58/h4-17,19-41H,2-3,18H2,1H3. The number of benzene rings is 11. The van der Waals surface area contributed by atoms with Crippen LogP contribution in [-0.2, 0) is 6.42 Å². The quantitative estimate of drug-likeness (QED) is 0.149. The minimum Gasteiger partial charge on any atom is -0.454 e. The van der Waals surface area contributed by atoms with Gasteiger partial charge in [-0.05, 0) is 117 Å². The molecule has 0 fully saturated rings. The van der Waals surface area contributed by atoms with E-state index in [1.165, 1.54) is 127 Å². The summed E-state index contributed by atoms with van der Waals surface area (Å²) in [5.41, 5.74) is 25.0. The van der Waals surface area contributed by atoms with Gasteiger partial charge in [0, 0.05) is 65.6 Å². The van der Waals surface area contributed by atoms with Crippen LogP contribution in [0.1, 0.15) is 25.3 Å². The fourth-order valence-corrected chi connectivity index (χ4v) is 13.8. The highest BCUT2D eigenvalue weighted by atomic mass is 16.3. The van der Waals surface area contributed by atoms with E-state index in [1.807, 2.05) is 0 Å². The van der Waals surface area contributed by atoms with Crippen LogP contribution in [0, 0.1) is 0 Å². The van der Waals surface area contributed by atoms with Crippen molar-refractivity contribution in [1.82, 2.24) is 8.97 Å². The Bertz CT molecular complexity index is 4870. The fraction of sp³-hybridized carbons (Fsp3) is 0.0571. The molecule has 0 amide bonds. The zero-order chi connectivity index (χ0) is 49.0. The van der Waals surface area contributed by atoms with Crippen molar-refractivity contribution in [2.45, 2.75) is 26.2 Å². The number of hydrogen-bond donors (Lipinski definition) is 0. The normalized spacial score (nSPS) is 13.0. The van der Waals surface area contributed by atoms with Crippen molar-refractivity contribution in [3.05, 3.63) is 230 Å². The van der Waals surface area contributed by atoms with Crippen LogP contribution in [0.25, 0.3) is 132 Å². The molecule has 2 aliphatic heterocycles. The highest BCUT2D eigenvalue weighted by molar-refractivity contribution is 6.94. The summed E-state index contributed by atoms with van der Waals surface area (Å²) in [5, 5.41) is 9.78. The number of anilines is 2. The lowest BCUT2D eigenvalue weighted by atomic mass is 9.43. The first-order valence-corrected chi connectivity index (χ1v) is 26.6. The van der Waals surface area contributed by atoms with E-state index in [0.717, 1.165) is 52.4 Å². The average Bonchev–Trinajstić information content (AvgIpc) is 4.27. The second-order valence-electron chi connectivity index (χ2n) is 20.9. The summed E-state index contributed by atoms with van der Waals surface area (Å²) in [6, 6.07) is 84.3. The van der Waals surface area contributed by atoms with Gasteiger partial charge in [-0.1, -0.05) is 183 Å². The zero-order valence-corrected chi connectivity index (χ0v) is 41.3. The van der Waals surface area contributed by atoms with E-state index >= 15 is 0 Å². The van der Waals surface area contributed by atoms with Gasteiger partial charge in [0.05, 0.1) is 33.3 Å². The maximum absolute atomic E-state index is 7.34. The first kappa shape index (κ1) is 41.2. The minimum absolute atomic E-state index is 0.260. The minimum atomic E-state index is -0.260. The number of fused-ring (bicyclic) bond motifs is 18. The summed E-state index contributed by atoms with van der Waals surface area (Å²) in [6.07, 6.45) is 3.31. The smallest absolute Gasteiger partial charge is 0.333 e. The Morgan fingerprint density at radius 1 is 0.427 bits per heavy atom. The van der Waals surface area contributed by atoms with Gasteiger partial charge in [-0.25, -0.2) is 0 Å². The van der Waals surface area contributed by atoms with Crippen molar-refractivity contribution in [2.24, 2.45) is 0 Å². The first-order valence-electron chi connectivity index (χ1n) is 26.6. The van der Waals surface area contributed by atoms with Gasteiger partial charge in [0.15, 0.2) is 5.58 Å². The van der Waals surface area contributed by atoms with Gasteiger partial charge in [0.2, 0.25) is 0 Å². The number of unbranched alkanes of at least 4 members (excludes halogenated alkanes) is 1. The van der Waals surface area contributed by atoms with Crippen LogP contribution in [0.15, 0.2) is 229 Å². The molecule has 5 heteroatoms. The number of para-hydroxylation sites is 3. The molecule has 0 atom stereocenters. The van der Waals surface area contributed by atoms with Gasteiger partial charge in [-0.3, -0.25) is 0 Å². The fourth-order valence-electron chi connectivity index (χ4n) is 13.8. The summed E-state index contributed by atoms with van der Waals surface area (Å²) in [4.78, 5) is 2.74. The molecule has 0 radical (unpaired) electrons. The highest BCUT2D eigenvalue weighted by Gasteiger charge is 2.47. The van der Waals surface area contributed by atoms with Crippen molar-refractivity contribution < 1.29 is 4.42 Å². The Hall–Kier alpha value is -9.32. The third-order valence-electron chi connectivity index (χ3n) is 17.0. The molecule has 11 aromatic carbocycles. The van der Waals surface area contributed by atoms with E-state index in [1.54, 1.807) is 0 Å². The molecule has 0 N–H and O–H groups in total. The summed E-state index contributed by atoms with van der Waals surface area (Å²) >= 11 is 0. The molecule has 6 heterocycles.